The lowest BCUT2D eigenvalue weighted by atomic mass is 9.96. The zero-order valence-corrected chi connectivity index (χ0v) is 10.5. The Morgan fingerprint density at radius 3 is 3.00 bits per heavy atom. The van der Waals surface area contributed by atoms with Crippen LogP contribution in [0, 0.1) is 0 Å². The normalized spacial score (nSPS) is 28.3. The van der Waals surface area contributed by atoms with E-state index in [9.17, 15) is 5.11 Å². The molecule has 1 heterocycles. The van der Waals surface area contributed by atoms with Crippen LogP contribution in [0.4, 0.5) is 11.4 Å². The van der Waals surface area contributed by atoms with E-state index in [1.54, 1.807) is 12.1 Å². The smallest absolute Gasteiger partial charge is 0.110 e. The number of hydrogen-bond donors (Lipinski definition) is 3. The topological polar surface area (TPSA) is 67.5 Å². The quantitative estimate of drug-likeness (QED) is 0.723. The van der Waals surface area contributed by atoms with Gasteiger partial charge in [0.1, 0.15) is 5.60 Å². The van der Waals surface area contributed by atoms with Crippen LogP contribution in [-0.2, 0) is 4.74 Å². The summed E-state index contributed by atoms with van der Waals surface area (Å²) in [6.07, 6.45) is 0.468. The highest BCUT2D eigenvalue weighted by molar-refractivity contribution is 6.33. The molecule has 1 aromatic rings. The van der Waals surface area contributed by atoms with Crippen LogP contribution < -0.4 is 11.1 Å². The second-order valence-corrected chi connectivity index (χ2v) is 4.87. The van der Waals surface area contributed by atoms with E-state index in [2.05, 4.69) is 5.32 Å². The second kappa shape index (κ2) is 4.72. The van der Waals surface area contributed by atoms with Crippen molar-refractivity contribution in [2.24, 2.45) is 0 Å². The fourth-order valence-electron chi connectivity index (χ4n) is 1.93. The van der Waals surface area contributed by atoms with Gasteiger partial charge in [-0.25, -0.2) is 0 Å². The molecule has 4 N–H and O–H groups in total. The van der Waals surface area contributed by atoms with Gasteiger partial charge >= 0.3 is 0 Å². The SMILES string of the molecule is CC1OCCC1(O)CNc1ccc(N)cc1Cl. The Bertz CT molecular complexity index is 413. The minimum Gasteiger partial charge on any atom is -0.399 e. The summed E-state index contributed by atoms with van der Waals surface area (Å²) >= 11 is 6.04. The third kappa shape index (κ3) is 2.65. The summed E-state index contributed by atoms with van der Waals surface area (Å²) in [6, 6.07) is 5.26. The molecular weight excluding hydrogens is 240 g/mol. The highest BCUT2D eigenvalue weighted by Crippen LogP contribution is 2.28. The standard InChI is InChI=1S/C12H17ClN2O2/c1-8-12(16,4-5-17-8)7-15-11-3-2-9(14)6-10(11)13/h2-3,6,8,15-16H,4-5,7,14H2,1H3. The molecule has 17 heavy (non-hydrogen) atoms. The molecule has 0 aliphatic carbocycles. The van der Waals surface area contributed by atoms with Crippen LogP contribution in [0.3, 0.4) is 0 Å². The third-order valence-electron chi connectivity index (χ3n) is 3.24. The lowest BCUT2D eigenvalue weighted by Crippen LogP contribution is -2.43. The average molecular weight is 257 g/mol. The summed E-state index contributed by atoms with van der Waals surface area (Å²) in [5.74, 6) is 0. The molecule has 2 atom stereocenters. The minimum atomic E-state index is -0.829. The average Bonchev–Trinajstić information content (AvgIpc) is 2.59. The summed E-state index contributed by atoms with van der Waals surface area (Å²) < 4.78 is 5.36. The van der Waals surface area contributed by atoms with Crippen molar-refractivity contribution in [2.45, 2.75) is 25.0 Å². The molecule has 5 heteroatoms. The summed E-state index contributed by atoms with van der Waals surface area (Å²) in [5, 5.41) is 14.0. The molecule has 0 saturated carbocycles. The van der Waals surface area contributed by atoms with Gasteiger partial charge in [-0.3, -0.25) is 0 Å². The maximum absolute atomic E-state index is 10.3. The van der Waals surface area contributed by atoms with Gasteiger partial charge in [-0.05, 0) is 25.1 Å². The van der Waals surface area contributed by atoms with Gasteiger partial charge in [0.05, 0.1) is 16.8 Å². The summed E-state index contributed by atoms with van der Waals surface area (Å²) in [7, 11) is 0. The lowest BCUT2D eigenvalue weighted by molar-refractivity contribution is -0.0175. The van der Waals surface area contributed by atoms with Crippen LogP contribution in [0.25, 0.3) is 0 Å². The second-order valence-electron chi connectivity index (χ2n) is 4.46. The number of benzene rings is 1. The molecule has 0 bridgehead atoms. The molecule has 0 radical (unpaired) electrons. The van der Waals surface area contributed by atoms with E-state index in [1.807, 2.05) is 13.0 Å². The van der Waals surface area contributed by atoms with Gasteiger partial charge < -0.3 is 20.9 Å². The van der Waals surface area contributed by atoms with E-state index in [-0.39, 0.29) is 6.10 Å². The van der Waals surface area contributed by atoms with Crippen molar-refractivity contribution in [1.29, 1.82) is 0 Å². The largest absolute Gasteiger partial charge is 0.399 e. The van der Waals surface area contributed by atoms with Crippen molar-refractivity contribution < 1.29 is 9.84 Å². The maximum Gasteiger partial charge on any atom is 0.110 e. The first kappa shape index (κ1) is 12.5. The number of hydrogen-bond acceptors (Lipinski definition) is 4. The maximum atomic E-state index is 10.3. The van der Waals surface area contributed by atoms with E-state index in [1.165, 1.54) is 0 Å². The van der Waals surface area contributed by atoms with E-state index in [0.29, 0.717) is 30.3 Å². The molecule has 2 rings (SSSR count). The highest BCUT2D eigenvalue weighted by Gasteiger charge is 2.39. The molecule has 1 fully saturated rings. The molecule has 4 nitrogen and oxygen atoms in total. The fourth-order valence-corrected chi connectivity index (χ4v) is 2.18. The summed E-state index contributed by atoms with van der Waals surface area (Å²) in [5.41, 5.74) is 6.18. The predicted octanol–water partition coefficient (Wildman–Crippen LogP) is 1.87. The Hall–Kier alpha value is -0.970. The van der Waals surface area contributed by atoms with E-state index in [4.69, 9.17) is 22.1 Å². The molecular formula is C12H17ClN2O2. The molecule has 0 amide bonds. The zero-order chi connectivity index (χ0) is 12.5. The van der Waals surface area contributed by atoms with Gasteiger partial charge in [0, 0.05) is 25.3 Å². The van der Waals surface area contributed by atoms with E-state index < -0.39 is 5.60 Å². The van der Waals surface area contributed by atoms with Gasteiger partial charge in [-0.2, -0.15) is 0 Å². The first-order valence-corrected chi connectivity index (χ1v) is 6.02. The van der Waals surface area contributed by atoms with Crippen LogP contribution in [-0.4, -0.2) is 30.0 Å². The van der Waals surface area contributed by atoms with Crippen molar-refractivity contribution in [2.75, 3.05) is 24.2 Å². The van der Waals surface area contributed by atoms with E-state index in [0.717, 1.165) is 5.69 Å². The molecule has 1 aromatic carbocycles. The van der Waals surface area contributed by atoms with Crippen LogP contribution in [0.2, 0.25) is 5.02 Å². The van der Waals surface area contributed by atoms with Crippen LogP contribution in [0.15, 0.2) is 18.2 Å². The number of ether oxygens (including phenoxy) is 1. The Morgan fingerprint density at radius 2 is 2.41 bits per heavy atom. The van der Waals surface area contributed by atoms with Crippen molar-refractivity contribution in [3.8, 4) is 0 Å². The van der Waals surface area contributed by atoms with Crippen molar-refractivity contribution in [1.82, 2.24) is 0 Å². The Morgan fingerprint density at radius 1 is 1.65 bits per heavy atom. The lowest BCUT2D eigenvalue weighted by Gasteiger charge is -2.26. The molecule has 1 aliphatic rings. The summed E-state index contributed by atoms with van der Waals surface area (Å²) in [6.45, 7) is 2.88. The molecule has 0 spiro atoms. The third-order valence-corrected chi connectivity index (χ3v) is 3.55. The molecule has 0 aromatic heterocycles. The Labute approximate surface area is 106 Å². The van der Waals surface area contributed by atoms with Crippen LogP contribution in [0.1, 0.15) is 13.3 Å². The van der Waals surface area contributed by atoms with Crippen LogP contribution >= 0.6 is 11.6 Å². The monoisotopic (exact) mass is 256 g/mol. The van der Waals surface area contributed by atoms with Gasteiger partial charge in [-0.1, -0.05) is 11.6 Å². The van der Waals surface area contributed by atoms with Gasteiger partial charge in [-0.15, -0.1) is 0 Å². The Balaban J connectivity index is 2.02. The first-order chi connectivity index (χ1) is 8.01. The molecule has 1 aliphatic heterocycles. The zero-order valence-electron chi connectivity index (χ0n) is 9.74. The number of anilines is 2. The predicted molar refractivity (Wildman–Crippen MR) is 69.3 cm³/mol. The number of rotatable bonds is 3. The molecule has 94 valence electrons. The van der Waals surface area contributed by atoms with Gasteiger partial charge in [0.25, 0.3) is 0 Å². The molecule has 1 saturated heterocycles. The highest BCUT2D eigenvalue weighted by atomic mass is 35.5. The fraction of sp³-hybridized carbons (Fsp3) is 0.500. The van der Waals surface area contributed by atoms with Crippen molar-refractivity contribution in [3.05, 3.63) is 23.2 Å². The number of nitrogens with two attached hydrogens (primary N) is 1. The van der Waals surface area contributed by atoms with Gasteiger partial charge in [0.2, 0.25) is 0 Å². The number of nitrogens with one attached hydrogen (secondary N) is 1. The van der Waals surface area contributed by atoms with Crippen molar-refractivity contribution >= 4 is 23.0 Å². The van der Waals surface area contributed by atoms with Crippen molar-refractivity contribution in [3.63, 3.8) is 0 Å². The Kier molecular flexibility index (Phi) is 3.47. The first-order valence-electron chi connectivity index (χ1n) is 5.64. The number of nitrogen functional groups attached to an aromatic ring is 1. The summed E-state index contributed by atoms with van der Waals surface area (Å²) in [4.78, 5) is 0. The van der Waals surface area contributed by atoms with Crippen LogP contribution in [0.5, 0.6) is 0 Å². The molecule has 2 unspecified atom stereocenters. The number of halogens is 1. The number of aliphatic hydroxyl groups is 1. The van der Waals surface area contributed by atoms with Gasteiger partial charge in [0.15, 0.2) is 0 Å². The minimum absolute atomic E-state index is 0.164. The van der Waals surface area contributed by atoms with E-state index >= 15 is 0 Å².